The van der Waals surface area contributed by atoms with Crippen LogP contribution in [-0.4, -0.2) is 13.2 Å². The molecule has 16 heavy (non-hydrogen) atoms. The average molecular weight is 232 g/mol. The maximum Gasteiger partial charge on any atom is 0.104 e. The van der Waals surface area contributed by atoms with Gasteiger partial charge in [0, 0.05) is 0 Å². The van der Waals surface area contributed by atoms with Gasteiger partial charge < -0.3 is 5.11 Å². The normalized spacial score (nSPS) is 12.8. The van der Waals surface area contributed by atoms with Crippen LogP contribution >= 0.6 is 0 Å². The summed E-state index contributed by atoms with van der Waals surface area (Å²) >= 11 is 0. The largest absolute Gasteiger partial charge is 0.384 e. The van der Waals surface area contributed by atoms with Crippen molar-refractivity contribution in [2.24, 2.45) is 0 Å². The smallest absolute Gasteiger partial charge is 0.104 e. The van der Waals surface area contributed by atoms with Crippen LogP contribution in [0, 0.1) is 0 Å². The van der Waals surface area contributed by atoms with Gasteiger partial charge in [0.25, 0.3) is 0 Å². The highest BCUT2D eigenvalue weighted by Gasteiger charge is 2.26. The zero-order valence-electron chi connectivity index (χ0n) is 10.5. The third kappa shape index (κ3) is 3.21. The highest BCUT2D eigenvalue weighted by Crippen LogP contribution is 2.28. The number of aliphatic hydroxyl groups excluding tert-OH is 1. The van der Waals surface area contributed by atoms with E-state index >= 15 is 0 Å². The molecule has 0 aliphatic carbocycles. The predicted octanol–water partition coefficient (Wildman–Crippen LogP) is 3.70. The van der Waals surface area contributed by atoms with Crippen LogP contribution in [-0.2, 0) is 0 Å². The molecule has 0 aliphatic rings. The molecule has 0 radical (unpaired) electrons. The van der Waals surface area contributed by atoms with Gasteiger partial charge in [-0.2, -0.15) is 0 Å². The summed E-state index contributed by atoms with van der Waals surface area (Å²) in [5.41, 5.74) is 4.18. The Kier molecular flexibility index (Phi) is 4.31. The van der Waals surface area contributed by atoms with Gasteiger partial charge in [0.15, 0.2) is 0 Å². The molecule has 0 saturated heterocycles. The zero-order valence-corrected chi connectivity index (χ0v) is 11.5. The SMILES string of the molecule is CC=C=C(C(O)c1ccccc1)[Si](C)(C)C. The van der Waals surface area contributed by atoms with Crippen LogP contribution < -0.4 is 0 Å². The van der Waals surface area contributed by atoms with Gasteiger partial charge in [-0.3, -0.25) is 0 Å². The van der Waals surface area contributed by atoms with Crippen molar-refractivity contribution in [2.45, 2.75) is 32.7 Å². The van der Waals surface area contributed by atoms with Crippen LogP contribution in [0.25, 0.3) is 0 Å². The van der Waals surface area contributed by atoms with Crippen molar-refractivity contribution in [1.29, 1.82) is 0 Å². The lowest BCUT2D eigenvalue weighted by atomic mass is 10.1. The van der Waals surface area contributed by atoms with Gasteiger partial charge in [0.05, 0.1) is 8.07 Å². The Balaban J connectivity index is 3.13. The minimum atomic E-state index is -1.53. The molecule has 0 heterocycles. The van der Waals surface area contributed by atoms with Gasteiger partial charge in [-0.15, -0.1) is 5.73 Å². The molecule has 0 aromatic heterocycles. The van der Waals surface area contributed by atoms with Crippen molar-refractivity contribution < 1.29 is 5.11 Å². The number of hydrogen-bond donors (Lipinski definition) is 1. The molecule has 1 aromatic rings. The van der Waals surface area contributed by atoms with E-state index in [4.69, 9.17) is 0 Å². The Morgan fingerprint density at radius 1 is 1.25 bits per heavy atom. The molecule has 0 amide bonds. The van der Waals surface area contributed by atoms with E-state index in [0.29, 0.717) is 0 Å². The van der Waals surface area contributed by atoms with Gasteiger partial charge in [0.1, 0.15) is 6.10 Å². The summed E-state index contributed by atoms with van der Waals surface area (Å²) in [6.45, 7) is 8.62. The van der Waals surface area contributed by atoms with E-state index < -0.39 is 14.2 Å². The second-order valence-electron chi connectivity index (χ2n) is 4.91. The maximum atomic E-state index is 10.4. The summed E-state index contributed by atoms with van der Waals surface area (Å²) in [6.07, 6.45) is 1.38. The fourth-order valence-electron chi connectivity index (χ4n) is 1.66. The lowest BCUT2D eigenvalue weighted by Gasteiger charge is -2.24. The standard InChI is InChI=1S/C14H20OSi/c1-5-9-13(16(2,3)4)14(15)12-10-7-6-8-11-12/h5-8,10-11,14-15H,1-4H3. The van der Waals surface area contributed by atoms with Gasteiger partial charge in [-0.05, 0) is 23.8 Å². The van der Waals surface area contributed by atoms with Crippen molar-refractivity contribution in [3.05, 3.63) is 52.9 Å². The Morgan fingerprint density at radius 2 is 1.81 bits per heavy atom. The monoisotopic (exact) mass is 232 g/mol. The van der Waals surface area contributed by atoms with E-state index in [-0.39, 0.29) is 0 Å². The van der Waals surface area contributed by atoms with E-state index in [1.807, 2.05) is 43.3 Å². The molecule has 1 aromatic carbocycles. The molecule has 0 spiro atoms. The minimum Gasteiger partial charge on any atom is -0.384 e. The fourth-order valence-corrected chi connectivity index (χ4v) is 3.23. The summed E-state index contributed by atoms with van der Waals surface area (Å²) in [5, 5.41) is 11.4. The van der Waals surface area contributed by atoms with Crippen molar-refractivity contribution in [1.82, 2.24) is 0 Å². The lowest BCUT2D eigenvalue weighted by Crippen LogP contribution is -2.27. The highest BCUT2D eigenvalue weighted by molar-refractivity contribution is 6.83. The van der Waals surface area contributed by atoms with Crippen LogP contribution in [0.1, 0.15) is 18.6 Å². The molecule has 1 nitrogen and oxygen atoms in total. The van der Waals surface area contributed by atoms with E-state index in [1.54, 1.807) is 0 Å². The lowest BCUT2D eigenvalue weighted by molar-refractivity contribution is 0.222. The maximum absolute atomic E-state index is 10.4. The van der Waals surface area contributed by atoms with Crippen LogP contribution in [0.3, 0.4) is 0 Å². The van der Waals surface area contributed by atoms with Gasteiger partial charge >= 0.3 is 0 Å². The van der Waals surface area contributed by atoms with E-state index in [0.717, 1.165) is 10.8 Å². The molecule has 0 bridgehead atoms. The Morgan fingerprint density at radius 3 is 2.25 bits per heavy atom. The molecule has 0 fully saturated rings. The number of hydrogen-bond acceptors (Lipinski definition) is 1. The molecular weight excluding hydrogens is 212 g/mol. The van der Waals surface area contributed by atoms with Crippen LogP contribution in [0.5, 0.6) is 0 Å². The number of rotatable bonds is 3. The summed E-state index contributed by atoms with van der Waals surface area (Å²) in [4.78, 5) is 0. The topological polar surface area (TPSA) is 20.2 Å². The Bertz CT molecular complexity index is 394. The first-order chi connectivity index (χ1) is 7.46. The molecular formula is C14H20OSi. The van der Waals surface area contributed by atoms with Crippen molar-refractivity contribution in [2.75, 3.05) is 0 Å². The molecule has 0 saturated carbocycles. The summed E-state index contributed by atoms with van der Waals surface area (Å²) < 4.78 is 0. The second-order valence-corrected chi connectivity index (χ2v) is 9.95. The molecule has 1 rings (SSSR count). The molecule has 1 atom stereocenters. The quantitative estimate of drug-likeness (QED) is 0.622. The van der Waals surface area contributed by atoms with Crippen molar-refractivity contribution in [3.8, 4) is 0 Å². The zero-order chi connectivity index (χ0) is 12.2. The van der Waals surface area contributed by atoms with Gasteiger partial charge in [0.2, 0.25) is 0 Å². The summed E-state index contributed by atoms with van der Waals surface area (Å²) in [6, 6.07) is 9.79. The molecule has 2 heteroatoms. The first-order valence-corrected chi connectivity index (χ1v) is 9.11. The fraction of sp³-hybridized carbons (Fsp3) is 0.357. The first kappa shape index (κ1) is 13.0. The van der Waals surface area contributed by atoms with E-state index in [1.165, 1.54) is 0 Å². The van der Waals surface area contributed by atoms with Gasteiger partial charge in [-0.25, -0.2) is 0 Å². The van der Waals surface area contributed by atoms with Crippen LogP contribution in [0.2, 0.25) is 19.6 Å². The molecule has 86 valence electrons. The molecule has 1 N–H and O–H groups in total. The Hall–Kier alpha value is -1.08. The predicted molar refractivity (Wildman–Crippen MR) is 72.0 cm³/mol. The Labute approximate surface area is 99.1 Å². The minimum absolute atomic E-state index is 0.510. The third-order valence-electron chi connectivity index (χ3n) is 2.50. The second kappa shape index (κ2) is 5.31. The van der Waals surface area contributed by atoms with Crippen LogP contribution in [0.4, 0.5) is 0 Å². The third-order valence-corrected chi connectivity index (χ3v) is 4.53. The van der Waals surface area contributed by atoms with Crippen molar-refractivity contribution in [3.63, 3.8) is 0 Å². The average Bonchev–Trinajstić information content (AvgIpc) is 2.25. The first-order valence-electron chi connectivity index (χ1n) is 5.61. The number of benzene rings is 1. The molecule has 1 unspecified atom stereocenters. The van der Waals surface area contributed by atoms with Gasteiger partial charge in [-0.1, -0.05) is 50.0 Å². The van der Waals surface area contributed by atoms with E-state index in [9.17, 15) is 5.11 Å². The summed E-state index contributed by atoms with van der Waals surface area (Å²) in [5.74, 6) is 0. The van der Waals surface area contributed by atoms with Crippen molar-refractivity contribution >= 4 is 8.07 Å². The summed E-state index contributed by atoms with van der Waals surface area (Å²) in [7, 11) is -1.53. The highest BCUT2D eigenvalue weighted by atomic mass is 28.3. The molecule has 0 aliphatic heterocycles. The van der Waals surface area contributed by atoms with E-state index in [2.05, 4.69) is 25.4 Å². The van der Waals surface area contributed by atoms with Crippen LogP contribution in [0.15, 0.2) is 47.3 Å². The number of aliphatic hydroxyl groups is 1.